The minimum atomic E-state index is -0.580. The number of carbonyl (C=O) groups excluding carboxylic acids is 1. The molecule has 2 N–H and O–H groups in total. The van der Waals surface area contributed by atoms with E-state index < -0.39 is 6.10 Å². The number of carbonyl (C=O) groups is 1. The normalized spacial score (nSPS) is 14.4. The Hall–Kier alpha value is -1.36. The number of hydrogen-bond acceptors (Lipinski definition) is 3. The Bertz CT molecular complexity index is 466. The van der Waals surface area contributed by atoms with Gasteiger partial charge < -0.3 is 10.4 Å². The lowest BCUT2D eigenvalue weighted by Gasteiger charge is -2.17. The van der Waals surface area contributed by atoms with E-state index >= 15 is 0 Å². The van der Waals surface area contributed by atoms with Crippen molar-refractivity contribution in [1.29, 1.82) is 0 Å². The SMILES string of the molecule is Cc1nn(C)c(C)c1CC(C)NC(=O)CC(O)C(C)C. The van der Waals surface area contributed by atoms with Crippen LogP contribution in [0, 0.1) is 19.8 Å². The molecule has 1 rings (SSSR count). The number of hydrogen-bond donors (Lipinski definition) is 2. The van der Waals surface area contributed by atoms with Gasteiger partial charge in [0, 0.05) is 18.8 Å². The van der Waals surface area contributed by atoms with E-state index in [1.165, 1.54) is 5.56 Å². The lowest BCUT2D eigenvalue weighted by molar-refractivity contribution is -0.124. The fourth-order valence-electron chi connectivity index (χ4n) is 2.23. The fourth-order valence-corrected chi connectivity index (χ4v) is 2.23. The molecule has 1 amide bonds. The van der Waals surface area contributed by atoms with Gasteiger partial charge in [-0.15, -0.1) is 0 Å². The van der Waals surface area contributed by atoms with Crippen LogP contribution in [0.2, 0.25) is 0 Å². The van der Waals surface area contributed by atoms with Crippen molar-refractivity contribution in [3.05, 3.63) is 17.0 Å². The number of aliphatic hydroxyl groups is 1. The average Bonchev–Trinajstić information content (AvgIpc) is 2.55. The van der Waals surface area contributed by atoms with Crippen LogP contribution in [0.1, 0.15) is 44.1 Å². The molecule has 114 valence electrons. The predicted octanol–water partition coefficient (Wildman–Crippen LogP) is 1.49. The molecule has 0 aliphatic heterocycles. The van der Waals surface area contributed by atoms with Crippen LogP contribution in [0.25, 0.3) is 0 Å². The summed E-state index contributed by atoms with van der Waals surface area (Å²) in [6.45, 7) is 9.81. The minimum Gasteiger partial charge on any atom is -0.392 e. The first-order chi connectivity index (χ1) is 9.22. The summed E-state index contributed by atoms with van der Waals surface area (Å²) in [4.78, 5) is 11.8. The van der Waals surface area contributed by atoms with Crippen molar-refractivity contribution in [2.45, 2.75) is 59.6 Å². The number of aromatic nitrogens is 2. The van der Waals surface area contributed by atoms with Crippen LogP contribution in [0.3, 0.4) is 0 Å². The van der Waals surface area contributed by atoms with Crippen molar-refractivity contribution >= 4 is 5.91 Å². The van der Waals surface area contributed by atoms with E-state index in [0.29, 0.717) is 0 Å². The molecule has 5 nitrogen and oxygen atoms in total. The van der Waals surface area contributed by atoms with E-state index in [4.69, 9.17) is 0 Å². The maximum absolute atomic E-state index is 11.8. The molecule has 0 spiro atoms. The van der Waals surface area contributed by atoms with Crippen molar-refractivity contribution in [1.82, 2.24) is 15.1 Å². The van der Waals surface area contributed by atoms with Crippen LogP contribution >= 0.6 is 0 Å². The number of nitrogens with zero attached hydrogens (tertiary/aromatic N) is 2. The number of amides is 1. The van der Waals surface area contributed by atoms with Crippen LogP contribution in [-0.4, -0.2) is 32.9 Å². The second-order valence-electron chi connectivity index (χ2n) is 5.96. The summed E-state index contributed by atoms with van der Waals surface area (Å²) in [6, 6.07) is 0.0310. The van der Waals surface area contributed by atoms with E-state index in [0.717, 1.165) is 17.8 Å². The minimum absolute atomic E-state index is 0.0310. The highest BCUT2D eigenvalue weighted by atomic mass is 16.3. The van der Waals surface area contributed by atoms with Gasteiger partial charge in [-0.05, 0) is 38.7 Å². The first kappa shape index (κ1) is 16.7. The zero-order valence-electron chi connectivity index (χ0n) is 13.4. The largest absolute Gasteiger partial charge is 0.392 e. The molecule has 0 radical (unpaired) electrons. The third kappa shape index (κ3) is 4.34. The smallest absolute Gasteiger partial charge is 0.222 e. The molecule has 5 heteroatoms. The molecule has 1 heterocycles. The van der Waals surface area contributed by atoms with Gasteiger partial charge in [-0.2, -0.15) is 5.10 Å². The second kappa shape index (κ2) is 6.88. The number of rotatable bonds is 6. The van der Waals surface area contributed by atoms with Crippen LogP contribution in [0.15, 0.2) is 0 Å². The fraction of sp³-hybridized carbons (Fsp3) is 0.733. The Balaban J connectivity index is 2.55. The highest BCUT2D eigenvalue weighted by Gasteiger charge is 2.18. The molecule has 0 bridgehead atoms. The summed E-state index contributed by atoms with van der Waals surface area (Å²) in [5.74, 6) is -0.00300. The van der Waals surface area contributed by atoms with Gasteiger partial charge in [0.15, 0.2) is 0 Å². The lowest BCUT2D eigenvalue weighted by atomic mass is 10.0. The Morgan fingerprint density at radius 3 is 2.40 bits per heavy atom. The van der Waals surface area contributed by atoms with Gasteiger partial charge in [0.25, 0.3) is 0 Å². The summed E-state index contributed by atoms with van der Waals surface area (Å²) >= 11 is 0. The summed E-state index contributed by atoms with van der Waals surface area (Å²) in [5, 5.41) is 17.0. The van der Waals surface area contributed by atoms with Crippen molar-refractivity contribution in [3.63, 3.8) is 0 Å². The highest BCUT2D eigenvalue weighted by Crippen LogP contribution is 2.14. The number of aliphatic hydroxyl groups excluding tert-OH is 1. The first-order valence-corrected chi connectivity index (χ1v) is 7.18. The topological polar surface area (TPSA) is 67.2 Å². The highest BCUT2D eigenvalue weighted by molar-refractivity contribution is 5.76. The zero-order chi connectivity index (χ0) is 15.4. The third-order valence-electron chi connectivity index (χ3n) is 3.74. The van der Waals surface area contributed by atoms with Gasteiger partial charge in [-0.25, -0.2) is 0 Å². The van der Waals surface area contributed by atoms with Gasteiger partial charge >= 0.3 is 0 Å². The molecular formula is C15H27N3O2. The predicted molar refractivity (Wildman–Crippen MR) is 79.5 cm³/mol. The zero-order valence-corrected chi connectivity index (χ0v) is 13.4. The Morgan fingerprint density at radius 1 is 1.35 bits per heavy atom. The van der Waals surface area contributed by atoms with Crippen LogP contribution in [0.4, 0.5) is 0 Å². The molecule has 0 saturated heterocycles. The van der Waals surface area contributed by atoms with Crippen molar-refractivity contribution in [2.24, 2.45) is 13.0 Å². The van der Waals surface area contributed by atoms with E-state index in [2.05, 4.69) is 10.4 Å². The lowest BCUT2D eigenvalue weighted by Crippen LogP contribution is -2.37. The van der Waals surface area contributed by atoms with E-state index in [1.807, 2.05) is 46.3 Å². The first-order valence-electron chi connectivity index (χ1n) is 7.18. The van der Waals surface area contributed by atoms with Crippen molar-refractivity contribution in [2.75, 3.05) is 0 Å². The molecule has 1 aromatic heterocycles. The molecule has 2 atom stereocenters. The van der Waals surface area contributed by atoms with E-state index in [-0.39, 0.29) is 24.3 Å². The molecule has 2 unspecified atom stereocenters. The number of aryl methyl sites for hydroxylation is 2. The summed E-state index contributed by atoms with van der Waals surface area (Å²) in [7, 11) is 1.92. The summed E-state index contributed by atoms with van der Waals surface area (Å²) in [6.07, 6.45) is 0.339. The molecular weight excluding hydrogens is 254 g/mol. The number of nitrogens with one attached hydrogen (secondary N) is 1. The molecule has 0 aliphatic carbocycles. The molecule has 1 aromatic rings. The molecule has 0 fully saturated rings. The summed E-state index contributed by atoms with van der Waals surface area (Å²) in [5.41, 5.74) is 3.32. The Morgan fingerprint density at radius 2 is 1.95 bits per heavy atom. The maximum atomic E-state index is 11.8. The van der Waals surface area contributed by atoms with Gasteiger partial charge in [-0.3, -0.25) is 9.48 Å². The van der Waals surface area contributed by atoms with Crippen molar-refractivity contribution in [3.8, 4) is 0 Å². The Kier molecular flexibility index (Phi) is 5.74. The molecule has 0 aromatic carbocycles. The van der Waals surface area contributed by atoms with Crippen LogP contribution in [0.5, 0.6) is 0 Å². The molecule has 0 saturated carbocycles. The second-order valence-corrected chi connectivity index (χ2v) is 5.96. The quantitative estimate of drug-likeness (QED) is 0.830. The van der Waals surface area contributed by atoms with Crippen LogP contribution < -0.4 is 5.32 Å². The Labute approximate surface area is 121 Å². The van der Waals surface area contributed by atoms with Gasteiger partial charge in [-0.1, -0.05) is 13.8 Å². The summed E-state index contributed by atoms with van der Waals surface area (Å²) < 4.78 is 1.86. The van der Waals surface area contributed by atoms with Crippen molar-refractivity contribution < 1.29 is 9.90 Å². The third-order valence-corrected chi connectivity index (χ3v) is 3.74. The standard InChI is InChI=1S/C15H27N3O2/c1-9(2)14(19)8-15(20)16-10(3)7-13-11(4)17-18(6)12(13)5/h9-10,14,19H,7-8H2,1-6H3,(H,16,20). The maximum Gasteiger partial charge on any atom is 0.222 e. The van der Waals surface area contributed by atoms with E-state index in [1.54, 1.807) is 0 Å². The van der Waals surface area contributed by atoms with E-state index in [9.17, 15) is 9.90 Å². The average molecular weight is 281 g/mol. The molecule has 20 heavy (non-hydrogen) atoms. The monoisotopic (exact) mass is 281 g/mol. The van der Waals surface area contributed by atoms with Crippen LogP contribution in [-0.2, 0) is 18.3 Å². The van der Waals surface area contributed by atoms with Gasteiger partial charge in [0.2, 0.25) is 5.91 Å². The van der Waals surface area contributed by atoms with Gasteiger partial charge in [0.1, 0.15) is 0 Å². The molecule has 0 aliphatic rings. The van der Waals surface area contributed by atoms with Gasteiger partial charge in [0.05, 0.1) is 18.2 Å².